The molecule has 19 heavy (non-hydrogen) atoms. The summed E-state index contributed by atoms with van der Waals surface area (Å²) in [7, 11) is 0. The first kappa shape index (κ1) is 14.0. The maximum absolute atomic E-state index is 13.4. The van der Waals surface area contributed by atoms with E-state index in [0.29, 0.717) is 12.3 Å². The summed E-state index contributed by atoms with van der Waals surface area (Å²) in [6.45, 7) is 5.13. The first-order valence-corrected chi connectivity index (χ1v) is 6.92. The van der Waals surface area contributed by atoms with E-state index in [1.807, 2.05) is 0 Å². The first-order valence-electron chi connectivity index (χ1n) is 6.92. The van der Waals surface area contributed by atoms with E-state index < -0.39 is 0 Å². The van der Waals surface area contributed by atoms with Gasteiger partial charge in [-0.2, -0.15) is 0 Å². The highest BCUT2D eigenvalue weighted by molar-refractivity contribution is 5.90. The molecule has 1 heterocycles. The minimum atomic E-state index is -0.387. The molecule has 1 aromatic rings. The standard InChI is InChI=1S/C15H21FN2O/c1-12-5-4-9-18(11-12)10-8-15(19)17-14-7-3-2-6-13(14)16/h2-3,6-7,12H,4-5,8-11H2,1H3,(H,17,19). The van der Waals surface area contributed by atoms with Crippen molar-refractivity contribution in [2.45, 2.75) is 26.2 Å². The van der Waals surface area contributed by atoms with E-state index in [4.69, 9.17) is 0 Å². The van der Waals surface area contributed by atoms with Gasteiger partial charge in [0.05, 0.1) is 5.69 Å². The van der Waals surface area contributed by atoms with Gasteiger partial charge in [-0.25, -0.2) is 4.39 Å². The van der Waals surface area contributed by atoms with E-state index >= 15 is 0 Å². The quantitative estimate of drug-likeness (QED) is 0.907. The fourth-order valence-electron chi connectivity index (χ4n) is 2.52. The average molecular weight is 264 g/mol. The Morgan fingerprint density at radius 1 is 1.47 bits per heavy atom. The van der Waals surface area contributed by atoms with Crippen molar-refractivity contribution in [1.82, 2.24) is 4.90 Å². The molecule has 0 aliphatic carbocycles. The number of benzene rings is 1. The molecule has 1 N–H and O–H groups in total. The Hall–Kier alpha value is -1.42. The van der Waals surface area contributed by atoms with Crippen molar-refractivity contribution >= 4 is 11.6 Å². The maximum Gasteiger partial charge on any atom is 0.225 e. The van der Waals surface area contributed by atoms with Crippen LogP contribution in [-0.2, 0) is 4.79 Å². The minimum absolute atomic E-state index is 0.122. The third kappa shape index (κ3) is 4.31. The van der Waals surface area contributed by atoms with Gasteiger partial charge in [0.25, 0.3) is 0 Å². The molecule has 0 saturated carbocycles. The van der Waals surface area contributed by atoms with E-state index in [1.54, 1.807) is 18.2 Å². The van der Waals surface area contributed by atoms with Crippen LogP contribution in [0.5, 0.6) is 0 Å². The molecule has 1 amide bonds. The zero-order chi connectivity index (χ0) is 13.7. The lowest BCUT2D eigenvalue weighted by Crippen LogP contribution is -2.36. The number of para-hydroxylation sites is 1. The van der Waals surface area contributed by atoms with Crippen molar-refractivity contribution in [2.75, 3.05) is 25.0 Å². The Bertz CT molecular complexity index is 436. The van der Waals surface area contributed by atoms with Gasteiger partial charge in [-0.05, 0) is 37.4 Å². The van der Waals surface area contributed by atoms with Crippen molar-refractivity contribution in [3.63, 3.8) is 0 Å². The van der Waals surface area contributed by atoms with Crippen LogP contribution in [0.4, 0.5) is 10.1 Å². The van der Waals surface area contributed by atoms with Crippen LogP contribution in [0, 0.1) is 11.7 Å². The van der Waals surface area contributed by atoms with Gasteiger partial charge in [0.15, 0.2) is 0 Å². The van der Waals surface area contributed by atoms with E-state index in [1.165, 1.54) is 18.9 Å². The van der Waals surface area contributed by atoms with Crippen molar-refractivity contribution in [3.8, 4) is 0 Å². The van der Waals surface area contributed by atoms with Crippen LogP contribution < -0.4 is 5.32 Å². The van der Waals surface area contributed by atoms with Gasteiger partial charge in [0.1, 0.15) is 5.82 Å². The highest BCUT2D eigenvalue weighted by Gasteiger charge is 2.17. The number of hydrogen-bond acceptors (Lipinski definition) is 2. The fourth-order valence-corrected chi connectivity index (χ4v) is 2.52. The Morgan fingerprint density at radius 2 is 2.26 bits per heavy atom. The second-order valence-corrected chi connectivity index (χ2v) is 5.33. The SMILES string of the molecule is CC1CCCN(CCC(=O)Nc2ccccc2F)C1. The number of nitrogens with one attached hydrogen (secondary N) is 1. The Morgan fingerprint density at radius 3 is 3.00 bits per heavy atom. The highest BCUT2D eigenvalue weighted by atomic mass is 19.1. The number of halogens is 1. The summed E-state index contributed by atoms with van der Waals surface area (Å²) < 4.78 is 13.4. The number of piperidine rings is 1. The zero-order valence-electron chi connectivity index (χ0n) is 11.4. The molecule has 0 spiro atoms. The number of carbonyl (C=O) groups is 1. The summed E-state index contributed by atoms with van der Waals surface area (Å²) in [5.41, 5.74) is 0.263. The van der Waals surface area contributed by atoms with Crippen molar-refractivity contribution < 1.29 is 9.18 Å². The van der Waals surface area contributed by atoms with Crippen LogP contribution in [0.3, 0.4) is 0 Å². The summed E-state index contributed by atoms with van der Waals surface area (Å²) in [6, 6.07) is 6.25. The minimum Gasteiger partial charge on any atom is -0.324 e. The monoisotopic (exact) mass is 264 g/mol. The molecule has 0 aromatic heterocycles. The van der Waals surface area contributed by atoms with Crippen molar-refractivity contribution in [2.24, 2.45) is 5.92 Å². The van der Waals surface area contributed by atoms with Gasteiger partial charge in [0.2, 0.25) is 5.91 Å². The molecular weight excluding hydrogens is 243 g/mol. The number of carbonyl (C=O) groups excluding carboxylic acids is 1. The molecule has 3 nitrogen and oxygen atoms in total. The van der Waals surface area contributed by atoms with Crippen LogP contribution in [-0.4, -0.2) is 30.4 Å². The van der Waals surface area contributed by atoms with Gasteiger partial charge >= 0.3 is 0 Å². The Balaban J connectivity index is 1.77. The fraction of sp³-hybridized carbons (Fsp3) is 0.533. The normalized spacial score (nSPS) is 20.2. The molecule has 0 bridgehead atoms. The third-order valence-electron chi connectivity index (χ3n) is 3.54. The van der Waals surface area contributed by atoms with E-state index in [9.17, 15) is 9.18 Å². The Labute approximate surface area is 113 Å². The number of likely N-dealkylation sites (tertiary alicyclic amines) is 1. The number of anilines is 1. The van der Waals surface area contributed by atoms with Gasteiger partial charge in [0, 0.05) is 19.5 Å². The molecule has 104 valence electrons. The van der Waals surface area contributed by atoms with Crippen LogP contribution in [0.15, 0.2) is 24.3 Å². The second kappa shape index (κ2) is 6.66. The van der Waals surface area contributed by atoms with Crippen LogP contribution in [0.2, 0.25) is 0 Å². The lowest BCUT2D eigenvalue weighted by molar-refractivity contribution is -0.116. The second-order valence-electron chi connectivity index (χ2n) is 5.33. The van der Waals surface area contributed by atoms with E-state index in [-0.39, 0.29) is 17.4 Å². The first-order chi connectivity index (χ1) is 9.15. The lowest BCUT2D eigenvalue weighted by Gasteiger charge is -2.30. The lowest BCUT2D eigenvalue weighted by atomic mass is 10.0. The molecule has 1 aliphatic rings. The smallest absolute Gasteiger partial charge is 0.225 e. The van der Waals surface area contributed by atoms with Gasteiger partial charge < -0.3 is 10.2 Å². The number of amides is 1. The molecule has 1 fully saturated rings. The molecule has 1 aliphatic heterocycles. The van der Waals surface area contributed by atoms with Crippen LogP contribution >= 0.6 is 0 Å². The summed E-state index contributed by atoms with van der Waals surface area (Å²) in [4.78, 5) is 14.1. The number of rotatable bonds is 4. The summed E-state index contributed by atoms with van der Waals surface area (Å²) in [5, 5.41) is 2.62. The van der Waals surface area contributed by atoms with Gasteiger partial charge in [-0.15, -0.1) is 0 Å². The summed E-state index contributed by atoms with van der Waals surface area (Å²) in [6.07, 6.45) is 2.90. The van der Waals surface area contributed by atoms with E-state index in [0.717, 1.165) is 19.6 Å². The maximum atomic E-state index is 13.4. The third-order valence-corrected chi connectivity index (χ3v) is 3.54. The molecule has 1 atom stereocenters. The molecule has 0 radical (unpaired) electrons. The summed E-state index contributed by atoms with van der Waals surface area (Å²) in [5.74, 6) is 0.203. The van der Waals surface area contributed by atoms with Gasteiger partial charge in [-0.3, -0.25) is 4.79 Å². The molecular formula is C15H21FN2O. The predicted octanol–water partition coefficient (Wildman–Crippen LogP) is 2.89. The molecule has 1 aromatic carbocycles. The highest BCUT2D eigenvalue weighted by Crippen LogP contribution is 2.16. The van der Waals surface area contributed by atoms with Crippen LogP contribution in [0.25, 0.3) is 0 Å². The molecule has 2 rings (SSSR count). The predicted molar refractivity (Wildman–Crippen MR) is 74.5 cm³/mol. The Kier molecular flexibility index (Phi) is 4.91. The van der Waals surface area contributed by atoms with Crippen LogP contribution in [0.1, 0.15) is 26.2 Å². The largest absolute Gasteiger partial charge is 0.324 e. The molecule has 1 saturated heterocycles. The topological polar surface area (TPSA) is 32.3 Å². The average Bonchev–Trinajstić information content (AvgIpc) is 2.39. The van der Waals surface area contributed by atoms with E-state index in [2.05, 4.69) is 17.1 Å². The number of hydrogen-bond donors (Lipinski definition) is 1. The summed E-state index contributed by atoms with van der Waals surface area (Å²) >= 11 is 0. The van der Waals surface area contributed by atoms with Gasteiger partial charge in [-0.1, -0.05) is 19.1 Å². The van der Waals surface area contributed by atoms with Crippen molar-refractivity contribution in [3.05, 3.63) is 30.1 Å². The molecule has 4 heteroatoms. The number of nitrogens with zero attached hydrogens (tertiary/aromatic N) is 1. The zero-order valence-corrected chi connectivity index (χ0v) is 11.4. The van der Waals surface area contributed by atoms with Crippen molar-refractivity contribution in [1.29, 1.82) is 0 Å². The molecule has 1 unspecified atom stereocenters.